The molecule has 0 fully saturated rings. The number of rotatable bonds is 6. The van der Waals surface area contributed by atoms with Gasteiger partial charge in [0.1, 0.15) is 11.4 Å². The van der Waals surface area contributed by atoms with Crippen molar-refractivity contribution in [2.24, 2.45) is 5.10 Å². The highest BCUT2D eigenvalue weighted by molar-refractivity contribution is 6.31. The lowest BCUT2D eigenvalue weighted by atomic mass is 10.2. The molecule has 0 radical (unpaired) electrons. The number of urea groups is 1. The summed E-state index contributed by atoms with van der Waals surface area (Å²) < 4.78 is 10.9. The van der Waals surface area contributed by atoms with E-state index in [1.807, 2.05) is 0 Å². The number of benzene rings is 2. The molecule has 2 unspecified atom stereocenters. The Morgan fingerprint density at radius 2 is 1.80 bits per heavy atom. The molecule has 1 aliphatic heterocycles. The number of hydrogen-bond acceptors (Lipinski definition) is 7. The van der Waals surface area contributed by atoms with Crippen LogP contribution >= 0.6 is 11.6 Å². The van der Waals surface area contributed by atoms with Crippen molar-refractivity contribution >= 4 is 46.7 Å². The van der Waals surface area contributed by atoms with E-state index in [4.69, 9.17) is 21.1 Å². The third-order valence-corrected chi connectivity index (χ3v) is 4.73. The number of para-hydroxylation sites is 1. The second kappa shape index (κ2) is 11.3. The molecule has 3 amide bonds. The predicted molar refractivity (Wildman–Crippen MR) is 130 cm³/mol. The van der Waals surface area contributed by atoms with Gasteiger partial charge in [-0.05, 0) is 45.4 Å². The minimum Gasteiger partial charge on any atom is -0.621 e. The van der Waals surface area contributed by atoms with E-state index in [1.54, 1.807) is 45.0 Å². The summed E-state index contributed by atoms with van der Waals surface area (Å²) in [5.41, 5.74) is -0.00871. The molecule has 0 spiro atoms. The van der Waals surface area contributed by atoms with Crippen LogP contribution < -0.4 is 30.9 Å². The Balaban J connectivity index is 1.55. The highest BCUT2D eigenvalue weighted by Gasteiger charge is 2.29. The molecule has 3 rings (SSSR count). The first-order valence-corrected chi connectivity index (χ1v) is 11.2. The summed E-state index contributed by atoms with van der Waals surface area (Å²) >= 11 is 6.05. The van der Waals surface area contributed by atoms with Crippen LogP contribution in [0, 0.1) is 10.4 Å². The fourth-order valence-corrected chi connectivity index (χ4v) is 3.21. The van der Waals surface area contributed by atoms with Gasteiger partial charge in [-0.3, -0.25) is 5.06 Å². The molecular weight excluding hydrogens is 480 g/mol. The third kappa shape index (κ3) is 7.53. The van der Waals surface area contributed by atoms with E-state index >= 15 is 0 Å². The quantitative estimate of drug-likeness (QED) is 0.297. The molecule has 2 atom stereocenters. The van der Waals surface area contributed by atoms with E-state index in [-0.39, 0.29) is 29.6 Å². The number of amides is 3. The maximum Gasteiger partial charge on any atom is 0.407 e. The first-order valence-electron chi connectivity index (χ1n) is 10.8. The van der Waals surface area contributed by atoms with Crippen LogP contribution in [0.15, 0.2) is 47.6 Å². The van der Waals surface area contributed by atoms with Crippen LogP contribution in [0.3, 0.4) is 0 Å². The normalized spacial score (nSPS) is 17.0. The van der Waals surface area contributed by atoms with Crippen LogP contribution in [0.4, 0.5) is 26.7 Å². The largest absolute Gasteiger partial charge is 0.621 e. The number of carbonyl (C=O) groups is 2. The molecule has 2 aromatic rings. The Morgan fingerprint density at radius 3 is 2.51 bits per heavy atom. The fourth-order valence-electron chi connectivity index (χ4n) is 3.04. The zero-order chi connectivity index (χ0) is 25.6. The maximum absolute atomic E-state index is 12.6. The van der Waals surface area contributed by atoms with Crippen molar-refractivity contribution in [3.05, 3.63) is 57.9 Å². The molecule has 0 aromatic heterocycles. The van der Waals surface area contributed by atoms with Gasteiger partial charge in [-0.1, -0.05) is 23.7 Å². The molecule has 13 heteroatoms. The monoisotopic (exact) mass is 506 g/mol. The summed E-state index contributed by atoms with van der Waals surface area (Å²) in [6, 6.07) is 10.1. The van der Waals surface area contributed by atoms with Crippen LogP contribution in [0.25, 0.3) is 0 Å². The molecular formula is C22H27ClN6O6. The Kier molecular flexibility index (Phi) is 8.48. The van der Waals surface area contributed by atoms with E-state index in [2.05, 4.69) is 21.1 Å². The summed E-state index contributed by atoms with van der Waals surface area (Å²) in [4.78, 5) is 24.2. The van der Waals surface area contributed by atoms with Gasteiger partial charge in [0.2, 0.25) is 11.4 Å². The van der Waals surface area contributed by atoms with Crippen LogP contribution in [0.2, 0.25) is 5.02 Å². The molecule has 0 saturated heterocycles. The summed E-state index contributed by atoms with van der Waals surface area (Å²) in [6.45, 7) is 5.87. The Hall–Kier alpha value is -3.42. The number of nitrogens with zero attached hydrogens (tertiary/aromatic N) is 1. The van der Waals surface area contributed by atoms with Crippen molar-refractivity contribution in [1.29, 1.82) is 0 Å². The number of guanidine groups is 1. The van der Waals surface area contributed by atoms with Crippen LogP contribution in [-0.4, -0.2) is 36.8 Å². The first-order chi connectivity index (χ1) is 16.5. The summed E-state index contributed by atoms with van der Waals surface area (Å²) in [7, 11) is 0. The van der Waals surface area contributed by atoms with Crippen molar-refractivity contribution in [3.8, 4) is 5.75 Å². The highest BCUT2D eigenvalue weighted by Crippen LogP contribution is 2.28. The van der Waals surface area contributed by atoms with Crippen molar-refractivity contribution in [2.45, 2.75) is 32.8 Å². The third-order valence-electron chi connectivity index (χ3n) is 4.50. The molecule has 0 bridgehead atoms. The van der Waals surface area contributed by atoms with Crippen LogP contribution in [0.1, 0.15) is 27.2 Å². The number of fused-ring (bicyclic) bond motifs is 1. The first kappa shape index (κ1) is 26.2. The maximum atomic E-state index is 12.6. The van der Waals surface area contributed by atoms with E-state index in [0.717, 1.165) is 0 Å². The van der Waals surface area contributed by atoms with Gasteiger partial charge in [-0.25, -0.2) is 14.9 Å². The molecule has 12 nitrogen and oxygen atoms in total. The predicted octanol–water partition coefficient (Wildman–Crippen LogP) is 1.77. The number of hydrogen-bond donors (Lipinski definition) is 5. The number of halogens is 1. The van der Waals surface area contributed by atoms with Crippen molar-refractivity contribution in [1.82, 2.24) is 10.6 Å². The SMILES string of the molecule is CC(C)(C)OC(=O)NCCCOc1ccc(Cl)cc1NC(=O)NC1=N[NH+]([O-])c2ccccc2[NH+]1[O-]. The number of alkyl carbamates (subject to hydrolysis) is 1. The second-order valence-corrected chi connectivity index (χ2v) is 8.93. The zero-order valence-corrected chi connectivity index (χ0v) is 20.2. The number of hydroxylamine groups is 1. The topological polar surface area (TPSA) is 156 Å². The Morgan fingerprint density at radius 1 is 1.09 bits per heavy atom. The molecule has 1 heterocycles. The van der Waals surface area contributed by atoms with Crippen molar-refractivity contribution < 1.29 is 29.3 Å². The van der Waals surface area contributed by atoms with E-state index in [9.17, 15) is 20.0 Å². The molecule has 2 aromatic carbocycles. The fraction of sp³-hybridized carbons (Fsp3) is 0.318. The minimum absolute atomic E-state index is 0.162. The summed E-state index contributed by atoms with van der Waals surface area (Å²) in [5.74, 6) is -0.0657. The lowest BCUT2D eigenvalue weighted by molar-refractivity contribution is -0.813. The molecule has 1 aliphatic rings. The van der Waals surface area contributed by atoms with Gasteiger partial charge in [-0.15, -0.1) is 0 Å². The lowest BCUT2D eigenvalue weighted by Crippen LogP contribution is -3.15. The van der Waals surface area contributed by atoms with Gasteiger partial charge in [-0.2, -0.15) is 5.17 Å². The molecule has 188 valence electrons. The van der Waals surface area contributed by atoms with Gasteiger partial charge in [0.25, 0.3) is 0 Å². The minimum atomic E-state index is -0.803. The lowest BCUT2D eigenvalue weighted by Gasteiger charge is -2.29. The molecule has 0 aliphatic carbocycles. The number of carbonyl (C=O) groups excluding carboxylic acids is 2. The van der Waals surface area contributed by atoms with Crippen molar-refractivity contribution in [3.63, 3.8) is 0 Å². The van der Waals surface area contributed by atoms with Gasteiger partial charge in [0.05, 0.1) is 12.3 Å². The smallest absolute Gasteiger partial charge is 0.407 e. The van der Waals surface area contributed by atoms with Crippen molar-refractivity contribution in [2.75, 3.05) is 18.5 Å². The van der Waals surface area contributed by atoms with E-state index < -0.39 is 28.0 Å². The van der Waals surface area contributed by atoms with Gasteiger partial charge < -0.3 is 30.5 Å². The van der Waals surface area contributed by atoms with E-state index in [1.165, 1.54) is 18.2 Å². The second-order valence-electron chi connectivity index (χ2n) is 8.49. The highest BCUT2D eigenvalue weighted by atomic mass is 35.5. The zero-order valence-electron chi connectivity index (χ0n) is 19.4. The van der Waals surface area contributed by atoms with Gasteiger partial charge in [0.15, 0.2) is 0 Å². The number of ether oxygens (including phenoxy) is 2. The van der Waals surface area contributed by atoms with E-state index in [0.29, 0.717) is 23.7 Å². The number of nitrogens with one attached hydrogen (secondary N) is 5. The van der Waals surface area contributed by atoms with Gasteiger partial charge in [0, 0.05) is 28.8 Å². The summed E-state index contributed by atoms with van der Waals surface area (Å²) in [5, 5.41) is 35.1. The summed E-state index contributed by atoms with van der Waals surface area (Å²) in [6.07, 6.45) is -0.0512. The molecule has 35 heavy (non-hydrogen) atoms. The standard InChI is InChI=1S/C22H27ClN6O6/c1-22(2,3)35-21(31)24-11-6-12-34-18-10-9-14(23)13-15(18)25-20(30)26-19-27-29(33)17-8-5-4-7-16(17)28(19)32/h4-5,7-10,13,28-29H,6,11-12H2,1-3H3,(H,24,31)(H2,25,26,27,30). The molecule has 0 saturated carbocycles. The number of quaternary nitrogens is 2. The average molecular weight is 507 g/mol. The Labute approximate surface area is 207 Å². The average Bonchev–Trinajstić information content (AvgIpc) is 2.77. The molecule has 5 N–H and O–H groups in total. The van der Waals surface area contributed by atoms with Gasteiger partial charge >= 0.3 is 18.1 Å². The van der Waals surface area contributed by atoms with Crippen LogP contribution in [0.5, 0.6) is 5.75 Å². The number of anilines is 1. The Bertz CT molecular complexity index is 1110. The van der Waals surface area contributed by atoms with Crippen LogP contribution in [-0.2, 0) is 4.74 Å².